The van der Waals surface area contributed by atoms with E-state index in [1.807, 2.05) is 0 Å². The maximum atomic E-state index is 5.18. The molecule has 0 bridgehead atoms. The first-order valence-electron chi connectivity index (χ1n) is 7.19. The maximum Gasteiger partial charge on any atom is 0.209 e. The van der Waals surface area contributed by atoms with E-state index in [9.17, 15) is 0 Å². The highest BCUT2D eigenvalue weighted by molar-refractivity contribution is 7.99. The molecule has 0 aliphatic heterocycles. The number of methoxy groups -OCH3 is 2. The van der Waals surface area contributed by atoms with E-state index in [1.165, 1.54) is 25.7 Å². The average Bonchev–Trinajstić information content (AvgIpc) is 2.92. The SMILES string of the molecule is CCCCC(CC)CSc1nnnn1CC(OC)OC. The number of ether oxygens (including phenoxy) is 2. The highest BCUT2D eigenvalue weighted by Gasteiger charge is 2.14. The van der Waals surface area contributed by atoms with Crippen molar-refractivity contribution >= 4 is 11.8 Å². The van der Waals surface area contributed by atoms with Crippen molar-refractivity contribution in [3.8, 4) is 0 Å². The number of hydrogen-bond acceptors (Lipinski definition) is 6. The molecule has 0 aliphatic rings. The molecule has 116 valence electrons. The summed E-state index contributed by atoms with van der Waals surface area (Å²) >= 11 is 1.72. The first-order chi connectivity index (χ1) is 9.74. The zero-order valence-corrected chi connectivity index (χ0v) is 13.7. The van der Waals surface area contributed by atoms with Crippen molar-refractivity contribution in [2.75, 3.05) is 20.0 Å². The molecule has 0 saturated heterocycles. The number of thioether (sulfide) groups is 1. The van der Waals surface area contributed by atoms with Gasteiger partial charge in [0.05, 0.1) is 6.54 Å². The van der Waals surface area contributed by atoms with Crippen molar-refractivity contribution in [1.82, 2.24) is 20.2 Å². The molecule has 1 unspecified atom stereocenters. The molecule has 6 nitrogen and oxygen atoms in total. The van der Waals surface area contributed by atoms with Gasteiger partial charge in [0.2, 0.25) is 5.16 Å². The minimum absolute atomic E-state index is 0.320. The minimum Gasteiger partial charge on any atom is -0.354 e. The Morgan fingerprint density at radius 2 is 2.00 bits per heavy atom. The van der Waals surface area contributed by atoms with Crippen LogP contribution < -0.4 is 0 Å². The van der Waals surface area contributed by atoms with Crippen LogP contribution in [0.5, 0.6) is 0 Å². The Kier molecular flexibility index (Phi) is 8.80. The van der Waals surface area contributed by atoms with Gasteiger partial charge in [0.15, 0.2) is 6.29 Å². The Morgan fingerprint density at radius 1 is 1.25 bits per heavy atom. The molecule has 1 aromatic rings. The van der Waals surface area contributed by atoms with Crippen LogP contribution in [0.2, 0.25) is 0 Å². The Morgan fingerprint density at radius 3 is 2.60 bits per heavy atom. The van der Waals surface area contributed by atoms with E-state index in [2.05, 4.69) is 29.4 Å². The topological polar surface area (TPSA) is 62.1 Å². The standard InChI is InChI=1S/C13H26N4O2S/c1-5-7-8-11(6-2)10-20-13-14-15-16-17(13)9-12(18-3)19-4/h11-12H,5-10H2,1-4H3. The monoisotopic (exact) mass is 302 g/mol. The molecule has 1 aromatic heterocycles. The van der Waals surface area contributed by atoms with E-state index < -0.39 is 0 Å². The zero-order chi connectivity index (χ0) is 14.8. The number of hydrogen-bond donors (Lipinski definition) is 0. The van der Waals surface area contributed by atoms with E-state index in [-0.39, 0.29) is 6.29 Å². The van der Waals surface area contributed by atoms with Crippen molar-refractivity contribution in [3.63, 3.8) is 0 Å². The second-order valence-electron chi connectivity index (χ2n) is 4.77. The number of rotatable bonds is 11. The summed E-state index contributed by atoms with van der Waals surface area (Å²) in [5, 5.41) is 12.6. The molecule has 1 atom stereocenters. The van der Waals surface area contributed by atoms with Gasteiger partial charge in [0.25, 0.3) is 0 Å². The second kappa shape index (κ2) is 10.1. The summed E-state index contributed by atoms with van der Waals surface area (Å²) in [6.45, 7) is 4.99. The number of aromatic nitrogens is 4. The molecule has 0 aliphatic carbocycles. The van der Waals surface area contributed by atoms with Gasteiger partial charge in [-0.2, -0.15) is 0 Å². The van der Waals surface area contributed by atoms with E-state index in [1.54, 1.807) is 30.7 Å². The molecule has 1 heterocycles. The fourth-order valence-electron chi connectivity index (χ4n) is 1.89. The van der Waals surface area contributed by atoms with E-state index in [4.69, 9.17) is 9.47 Å². The van der Waals surface area contributed by atoms with Crippen LogP contribution in [-0.4, -0.2) is 46.5 Å². The van der Waals surface area contributed by atoms with Crippen LogP contribution in [-0.2, 0) is 16.0 Å². The molecule has 0 saturated carbocycles. The third-order valence-electron chi connectivity index (χ3n) is 3.34. The van der Waals surface area contributed by atoms with Gasteiger partial charge in [-0.05, 0) is 22.8 Å². The van der Waals surface area contributed by atoms with Crippen LogP contribution in [0.25, 0.3) is 0 Å². The van der Waals surface area contributed by atoms with Crippen molar-refractivity contribution in [3.05, 3.63) is 0 Å². The third-order valence-corrected chi connectivity index (χ3v) is 4.53. The fourth-order valence-corrected chi connectivity index (χ4v) is 3.03. The molecule has 0 fully saturated rings. The largest absolute Gasteiger partial charge is 0.354 e. The van der Waals surface area contributed by atoms with Crippen LogP contribution in [0.3, 0.4) is 0 Å². The summed E-state index contributed by atoms with van der Waals surface area (Å²) in [5.41, 5.74) is 0. The lowest BCUT2D eigenvalue weighted by atomic mass is 10.0. The fraction of sp³-hybridized carbons (Fsp3) is 0.923. The summed E-state index contributed by atoms with van der Waals surface area (Å²) < 4.78 is 12.1. The highest BCUT2D eigenvalue weighted by atomic mass is 32.2. The molecule has 0 amide bonds. The Hall–Kier alpha value is -0.660. The van der Waals surface area contributed by atoms with Gasteiger partial charge in [-0.1, -0.05) is 44.9 Å². The van der Waals surface area contributed by atoms with E-state index >= 15 is 0 Å². The smallest absolute Gasteiger partial charge is 0.209 e. The van der Waals surface area contributed by atoms with Crippen molar-refractivity contribution < 1.29 is 9.47 Å². The van der Waals surface area contributed by atoms with Gasteiger partial charge in [0.1, 0.15) is 0 Å². The molecular formula is C13H26N4O2S. The third kappa shape index (κ3) is 5.76. The van der Waals surface area contributed by atoms with E-state index in [0.717, 1.165) is 16.8 Å². The van der Waals surface area contributed by atoms with Gasteiger partial charge >= 0.3 is 0 Å². The van der Waals surface area contributed by atoms with Gasteiger partial charge < -0.3 is 9.47 Å². The first-order valence-corrected chi connectivity index (χ1v) is 8.18. The lowest BCUT2D eigenvalue weighted by Crippen LogP contribution is -2.22. The predicted molar refractivity (Wildman–Crippen MR) is 79.7 cm³/mol. The Balaban J connectivity index is 2.49. The molecule has 0 aromatic carbocycles. The van der Waals surface area contributed by atoms with Crippen molar-refractivity contribution in [2.24, 2.45) is 5.92 Å². The van der Waals surface area contributed by atoms with Crippen LogP contribution in [0.4, 0.5) is 0 Å². The summed E-state index contributed by atoms with van der Waals surface area (Å²) in [6.07, 6.45) is 4.70. The van der Waals surface area contributed by atoms with Gasteiger partial charge in [-0.25, -0.2) is 4.68 Å². The van der Waals surface area contributed by atoms with Crippen LogP contribution in [0, 0.1) is 5.92 Å². The number of tetrazole rings is 1. The maximum absolute atomic E-state index is 5.18. The second-order valence-corrected chi connectivity index (χ2v) is 5.76. The van der Waals surface area contributed by atoms with Crippen molar-refractivity contribution in [2.45, 2.75) is 57.5 Å². The number of nitrogens with zero attached hydrogens (tertiary/aromatic N) is 4. The molecule has 0 N–H and O–H groups in total. The minimum atomic E-state index is -0.320. The van der Waals surface area contributed by atoms with Crippen LogP contribution in [0.15, 0.2) is 5.16 Å². The average molecular weight is 302 g/mol. The molecule has 0 radical (unpaired) electrons. The van der Waals surface area contributed by atoms with Gasteiger partial charge in [-0.15, -0.1) is 5.10 Å². The number of unbranched alkanes of at least 4 members (excludes halogenated alkanes) is 1. The highest BCUT2D eigenvalue weighted by Crippen LogP contribution is 2.23. The quantitative estimate of drug-likeness (QED) is 0.462. The summed E-state index contributed by atoms with van der Waals surface area (Å²) in [4.78, 5) is 0. The summed E-state index contributed by atoms with van der Waals surface area (Å²) in [5.74, 6) is 1.78. The van der Waals surface area contributed by atoms with Crippen LogP contribution >= 0.6 is 11.8 Å². The predicted octanol–water partition coefficient (Wildman–Crippen LogP) is 2.60. The van der Waals surface area contributed by atoms with Crippen molar-refractivity contribution in [1.29, 1.82) is 0 Å². The van der Waals surface area contributed by atoms with Gasteiger partial charge in [-0.3, -0.25) is 0 Å². The van der Waals surface area contributed by atoms with Crippen LogP contribution in [0.1, 0.15) is 39.5 Å². The zero-order valence-electron chi connectivity index (χ0n) is 12.9. The summed E-state index contributed by atoms with van der Waals surface area (Å²) in [7, 11) is 3.23. The van der Waals surface area contributed by atoms with E-state index in [0.29, 0.717) is 6.54 Å². The summed E-state index contributed by atoms with van der Waals surface area (Å²) in [6, 6.07) is 0. The molecule has 7 heteroatoms. The first kappa shape index (κ1) is 17.4. The lowest BCUT2D eigenvalue weighted by Gasteiger charge is -2.15. The van der Waals surface area contributed by atoms with Gasteiger partial charge in [0, 0.05) is 20.0 Å². The molecule has 20 heavy (non-hydrogen) atoms. The molecular weight excluding hydrogens is 276 g/mol. The Labute approximate surface area is 125 Å². The molecule has 0 spiro atoms. The lowest BCUT2D eigenvalue weighted by molar-refractivity contribution is -0.113. The Bertz CT molecular complexity index is 358. The normalized spacial score (nSPS) is 13.1. The molecule has 1 rings (SSSR count).